The number of halogens is 7. The lowest BCUT2D eigenvalue weighted by Gasteiger charge is -2.08. The predicted octanol–water partition coefficient (Wildman–Crippen LogP) is 6.18. The van der Waals surface area contributed by atoms with Crippen molar-refractivity contribution in [3.05, 3.63) is 126 Å². The molecule has 0 aliphatic carbocycles. The molecule has 64 heavy (non-hydrogen) atoms. The number of aromatic nitrogens is 2. The van der Waals surface area contributed by atoms with Crippen LogP contribution < -0.4 is 11.1 Å². The molecule has 1 aromatic heterocycles. The average Bonchev–Trinajstić information content (AvgIpc) is 3.81. The van der Waals surface area contributed by atoms with Gasteiger partial charge in [-0.1, -0.05) is 91.0 Å². The number of hydrogen-bond acceptors (Lipinski definition) is 13. The van der Waals surface area contributed by atoms with Crippen LogP contribution in [0.4, 0.5) is 26.3 Å². The summed E-state index contributed by atoms with van der Waals surface area (Å²) in [5, 5.41) is 10.0. The van der Waals surface area contributed by atoms with Gasteiger partial charge in [0.25, 0.3) is 0 Å². The predicted molar refractivity (Wildman–Crippen MR) is 213 cm³/mol. The van der Waals surface area contributed by atoms with E-state index in [9.17, 15) is 55.1 Å². The van der Waals surface area contributed by atoms with E-state index in [1.54, 1.807) is 35.8 Å². The number of carbonyl (C=O) groups excluding carboxylic acids is 7. The fraction of sp³-hybridized carbons (Fsp3) is 0.317. The SMILES string of the molecule is Cl.NCC(F)(F)F.O=C(CCC(=O)OCc1ccccc1)NCC(F)(F)F.O=C(CCC(=O)n1ccnc1)OCc1ccccc1.O=C(O)CCC(=O)OCc1ccccc1.O=C=O. The zero-order valence-electron chi connectivity index (χ0n) is 33.8. The smallest absolute Gasteiger partial charge is 0.405 e. The number of amides is 1. The van der Waals surface area contributed by atoms with E-state index in [1.807, 2.05) is 66.7 Å². The van der Waals surface area contributed by atoms with Crippen molar-refractivity contribution in [3.8, 4) is 0 Å². The minimum absolute atomic E-state index is 0. The van der Waals surface area contributed by atoms with Crippen molar-refractivity contribution in [1.82, 2.24) is 14.9 Å². The standard InChI is InChI=1S/C14H14N2O3.C13H14F3NO3.C11H12O4.C2H4F3N.CO2.ClH/c17-13(16-9-8-15-11-16)6-7-14(18)19-10-12-4-2-1-3-5-12;14-13(15,16)9-17-11(18)6-7-12(19)20-8-10-4-2-1-3-5-10;12-10(13)6-7-11(14)15-8-9-4-2-1-3-5-9;3-2(4,5)1-6;2-1-3;/h1-5,8-9,11H,6-7,10H2;1-5H,6-9H2,(H,17,18);1-5H,6-8H2,(H,12,13);1,6H2;;1H. The fourth-order valence-electron chi connectivity index (χ4n) is 3.89. The molecule has 0 saturated heterocycles. The highest BCUT2D eigenvalue weighted by Crippen LogP contribution is 2.13. The van der Waals surface area contributed by atoms with E-state index in [2.05, 4.69) is 10.7 Å². The maximum atomic E-state index is 11.8. The van der Waals surface area contributed by atoms with Gasteiger partial charge in [0.05, 0.1) is 32.2 Å². The van der Waals surface area contributed by atoms with Gasteiger partial charge < -0.3 is 30.4 Å². The van der Waals surface area contributed by atoms with Crippen molar-refractivity contribution in [2.24, 2.45) is 5.73 Å². The lowest BCUT2D eigenvalue weighted by Crippen LogP contribution is -2.33. The third-order valence-corrected chi connectivity index (χ3v) is 6.88. The number of esters is 3. The number of carboxylic acids is 1. The topological polar surface area (TPSA) is 240 Å². The molecule has 0 aliphatic heterocycles. The first-order chi connectivity index (χ1) is 29.8. The van der Waals surface area contributed by atoms with Crippen LogP contribution in [0.2, 0.25) is 0 Å². The Kier molecular flexibility index (Phi) is 32.1. The number of carboxylic acid groups (broad SMARTS) is 1. The first kappa shape index (κ1) is 59.2. The number of hydrogen-bond donors (Lipinski definition) is 3. The molecule has 350 valence electrons. The van der Waals surface area contributed by atoms with E-state index >= 15 is 0 Å². The number of carbonyl (C=O) groups is 6. The Hall–Kier alpha value is -6.90. The van der Waals surface area contributed by atoms with Crippen molar-refractivity contribution in [2.45, 2.75) is 70.7 Å². The molecule has 16 nitrogen and oxygen atoms in total. The normalized spacial score (nSPS) is 9.92. The Morgan fingerprint density at radius 3 is 1.30 bits per heavy atom. The molecular formula is C41H45ClF6N4O12. The Balaban J connectivity index is 0. The quantitative estimate of drug-likeness (QED) is 0.0647. The van der Waals surface area contributed by atoms with E-state index in [1.165, 1.54) is 17.1 Å². The number of nitrogens with one attached hydrogen (secondary N) is 1. The van der Waals surface area contributed by atoms with E-state index in [4.69, 9.17) is 28.9 Å². The molecule has 1 heterocycles. The second-order valence-corrected chi connectivity index (χ2v) is 12.0. The van der Waals surface area contributed by atoms with Gasteiger partial charge in [0.1, 0.15) is 32.7 Å². The van der Waals surface area contributed by atoms with Crippen molar-refractivity contribution in [2.75, 3.05) is 13.1 Å². The van der Waals surface area contributed by atoms with Crippen molar-refractivity contribution < 1.29 is 84.0 Å². The van der Waals surface area contributed by atoms with Gasteiger partial charge in [0, 0.05) is 25.2 Å². The van der Waals surface area contributed by atoms with Crippen LogP contribution in [0.25, 0.3) is 0 Å². The average molecular weight is 935 g/mol. The number of imidazole rings is 1. The third kappa shape index (κ3) is 35.8. The van der Waals surface area contributed by atoms with Crippen LogP contribution in [0.15, 0.2) is 110 Å². The second-order valence-electron chi connectivity index (χ2n) is 12.0. The molecule has 0 aliphatic rings. The van der Waals surface area contributed by atoms with Gasteiger partial charge in [-0.2, -0.15) is 35.9 Å². The number of alkyl halides is 6. The van der Waals surface area contributed by atoms with Crippen LogP contribution in [-0.4, -0.2) is 81.9 Å². The molecular weight excluding hydrogens is 890 g/mol. The molecule has 0 fully saturated rings. The van der Waals surface area contributed by atoms with Crippen LogP contribution >= 0.6 is 12.4 Å². The number of nitrogens with two attached hydrogens (primary N) is 1. The van der Waals surface area contributed by atoms with Gasteiger partial charge in [-0.25, -0.2) is 4.98 Å². The number of rotatable bonds is 16. The summed E-state index contributed by atoms with van der Waals surface area (Å²) < 4.78 is 83.6. The Bertz CT molecular complexity index is 1950. The minimum Gasteiger partial charge on any atom is -0.481 e. The zero-order chi connectivity index (χ0) is 47.5. The summed E-state index contributed by atoms with van der Waals surface area (Å²) in [4.78, 5) is 86.7. The van der Waals surface area contributed by atoms with E-state index < -0.39 is 49.3 Å². The molecule has 3 aromatic carbocycles. The maximum Gasteiger partial charge on any atom is 0.405 e. The van der Waals surface area contributed by atoms with Crippen LogP contribution in [-0.2, 0) is 67.6 Å². The summed E-state index contributed by atoms with van der Waals surface area (Å²) >= 11 is 0. The van der Waals surface area contributed by atoms with Crippen molar-refractivity contribution >= 4 is 54.3 Å². The number of nitrogens with zero attached hydrogens (tertiary/aromatic N) is 2. The first-order valence-corrected chi connectivity index (χ1v) is 18.2. The van der Waals surface area contributed by atoms with Gasteiger partial charge in [0.2, 0.25) is 11.8 Å². The van der Waals surface area contributed by atoms with Crippen molar-refractivity contribution in [1.29, 1.82) is 0 Å². The fourth-order valence-corrected chi connectivity index (χ4v) is 3.89. The number of benzene rings is 3. The molecule has 23 heteroatoms. The third-order valence-electron chi connectivity index (χ3n) is 6.88. The van der Waals surface area contributed by atoms with E-state index in [-0.39, 0.29) is 88.8 Å². The molecule has 4 rings (SSSR count). The highest BCUT2D eigenvalue weighted by molar-refractivity contribution is 5.85. The Labute approximate surface area is 368 Å². The van der Waals surface area contributed by atoms with Crippen LogP contribution in [0.5, 0.6) is 0 Å². The van der Waals surface area contributed by atoms with Gasteiger partial charge in [-0.15, -0.1) is 12.4 Å². The summed E-state index contributed by atoms with van der Waals surface area (Å²) in [6, 6.07) is 27.6. The molecule has 0 bridgehead atoms. The van der Waals surface area contributed by atoms with Crippen molar-refractivity contribution in [3.63, 3.8) is 0 Å². The second kappa shape index (κ2) is 34.7. The van der Waals surface area contributed by atoms with Crippen LogP contribution in [0.1, 0.15) is 60.0 Å². The van der Waals surface area contributed by atoms with Gasteiger partial charge >= 0.3 is 42.4 Å². The Morgan fingerprint density at radius 2 is 0.984 bits per heavy atom. The molecule has 0 atom stereocenters. The zero-order valence-corrected chi connectivity index (χ0v) is 34.6. The summed E-state index contributed by atoms with van der Waals surface area (Å²) in [6.07, 6.45) is -4.56. The van der Waals surface area contributed by atoms with E-state index in [0.29, 0.717) is 0 Å². The molecule has 4 aromatic rings. The first-order valence-electron chi connectivity index (χ1n) is 18.2. The molecule has 0 radical (unpaired) electrons. The molecule has 0 unspecified atom stereocenters. The molecule has 1 amide bonds. The number of ether oxygens (including phenoxy) is 3. The summed E-state index contributed by atoms with van der Waals surface area (Å²) in [5.41, 5.74) is 6.79. The van der Waals surface area contributed by atoms with Crippen LogP contribution in [0.3, 0.4) is 0 Å². The monoisotopic (exact) mass is 934 g/mol. The molecule has 0 spiro atoms. The molecule has 4 N–H and O–H groups in total. The maximum absolute atomic E-state index is 11.8. The number of aliphatic carboxylic acids is 1. The highest BCUT2D eigenvalue weighted by atomic mass is 35.5. The summed E-state index contributed by atoms with van der Waals surface area (Å²) in [7, 11) is 0. The molecule has 0 saturated carbocycles. The van der Waals surface area contributed by atoms with Gasteiger partial charge in [0.15, 0.2) is 0 Å². The highest BCUT2D eigenvalue weighted by Gasteiger charge is 2.27. The largest absolute Gasteiger partial charge is 0.481 e. The lowest BCUT2D eigenvalue weighted by atomic mass is 10.2. The lowest BCUT2D eigenvalue weighted by molar-refractivity contribution is -0.192. The Morgan fingerprint density at radius 1 is 0.625 bits per heavy atom. The van der Waals surface area contributed by atoms with Gasteiger partial charge in [-0.3, -0.25) is 33.3 Å². The van der Waals surface area contributed by atoms with E-state index in [0.717, 1.165) is 16.7 Å². The summed E-state index contributed by atoms with van der Waals surface area (Å²) in [6.45, 7) is -2.13. The minimum atomic E-state index is -4.45. The van der Waals surface area contributed by atoms with Gasteiger partial charge in [-0.05, 0) is 16.7 Å². The van der Waals surface area contributed by atoms with Crippen LogP contribution in [0, 0.1) is 0 Å². The summed E-state index contributed by atoms with van der Waals surface area (Å²) in [5.74, 6) is -3.49.